The van der Waals surface area contributed by atoms with Crippen molar-refractivity contribution in [2.24, 2.45) is 0 Å². The van der Waals surface area contributed by atoms with Gasteiger partial charge in [0.2, 0.25) is 0 Å². The average Bonchev–Trinajstić information content (AvgIpc) is 2.29. The maximum Gasteiger partial charge on any atom is 0.162 e. The van der Waals surface area contributed by atoms with Gasteiger partial charge in [-0.15, -0.1) is 0 Å². The molecule has 2 nitrogen and oxygen atoms in total. The first kappa shape index (κ1) is 9.64. The number of hydrogen-bond donors (Lipinski definition) is 0. The minimum Gasteiger partial charge on any atom is -0.461 e. The molecule has 2 aliphatic rings. The van der Waals surface area contributed by atoms with E-state index in [0.717, 1.165) is 35.5 Å². The van der Waals surface area contributed by atoms with Gasteiger partial charge in [0.25, 0.3) is 0 Å². The van der Waals surface area contributed by atoms with Gasteiger partial charge >= 0.3 is 0 Å². The first-order chi connectivity index (χ1) is 7.77. The molecule has 0 bridgehead atoms. The van der Waals surface area contributed by atoms with Crippen LogP contribution in [0.15, 0.2) is 35.6 Å². The molecule has 0 unspecified atom stereocenters. The molecule has 0 aromatic heterocycles. The lowest BCUT2D eigenvalue weighted by molar-refractivity contribution is -0.116. The highest BCUT2D eigenvalue weighted by Gasteiger charge is 2.32. The van der Waals surface area contributed by atoms with Crippen LogP contribution in [-0.2, 0) is 4.79 Å². The Hall–Kier alpha value is -1.57. The van der Waals surface area contributed by atoms with Crippen LogP contribution in [0, 0.1) is 0 Å². The standard InChI is InChI=1S/C14H14O2/c1-9-10-5-2-3-7-12(10)16-13-8-4-6-11(15)14(9)13/h2-3,5,7,9H,4,6,8H2,1H3/t9-/m1/s1. The minimum absolute atomic E-state index is 0.188. The van der Waals surface area contributed by atoms with Gasteiger partial charge in [-0.25, -0.2) is 0 Å². The van der Waals surface area contributed by atoms with Crippen LogP contribution in [0.2, 0.25) is 0 Å². The number of benzene rings is 1. The van der Waals surface area contributed by atoms with Crippen molar-refractivity contribution in [2.45, 2.75) is 32.1 Å². The third-order valence-corrected chi connectivity index (χ3v) is 3.46. The zero-order valence-corrected chi connectivity index (χ0v) is 9.32. The highest BCUT2D eigenvalue weighted by atomic mass is 16.5. The summed E-state index contributed by atoms with van der Waals surface area (Å²) in [6, 6.07) is 8.00. The Kier molecular flexibility index (Phi) is 2.10. The highest BCUT2D eigenvalue weighted by Crippen LogP contribution is 2.42. The van der Waals surface area contributed by atoms with Gasteiger partial charge in [-0.2, -0.15) is 0 Å². The van der Waals surface area contributed by atoms with Crippen LogP contribution in [0.4, 0.5) is 0 Å². The van der Waals surface area contributed by atoms with Gasteiger partial charge in [-0.3, -0.25) is 4.79 Å². The highest BCUT2D eigenvalue weighted by molar-refractivity contribution is 5.98. The molecule has 1 aromatic carbocycles. The Bertz CT molecular complexity index is 485. The van der Waals surface area contributed by atoms with Crippen LogP contribution in [-0.4, -0.2) is 5.78 Å². The second-order valence-corrected chi connectivity index (χ2v) is 4.48. The third kappa shape index (κ3) is 1.29. The molecule has 0 spiro atoms. The number of allylic oxidation sites excluding steroid dienone is 2. The van der Waals surface area contributed by atoms with E-state index in [1.54, 1.807) is 0 Å². The normalized spacial score (nSPS) is 23.6. The smallest absolute Gasteiger partial charge is 0.162 e. The SMILES string of the molecule is C[C@H]1C2=C(CCCC2=O)Oc2ccccc21. The molecule has 0 fully saturated rings. The van der Waals surface area contributed by atoms with Gasteiger partial charge < -0.3 is 4.74 Å². The van der Waals surface area contributed by atoms with E-state index in [0.29, 0.717) is 6.42 Å². The fourth-order valence-electron chi connectivity index (χ4n) is 2.64. The average molecular weight is 214 g/mol. The molecule has 0 saturated heterocycles. The molecule has 16 heavy (non-hydrogen) atoms. The van der Waals surface area contributed by atoms with Gasteiger partial charge in [-0.1, -0.05) is 25.1 Å². The van der Waals surface area contributed by atoms with E-state index >= 15 is 0 Å². The second-order valence-electron chi connectivity index (χ2n) is 4.48. The monoisotopic (exact) mass is 214 g/mol. The fourth-order valence-corrected chi connectivity index (χ4v) is 2.64. The molecular weight excluding hydrogens is 200 g/mol. The minimum atomic E-state index is 0.188. The van der Waals surface area contributed by atoms with Crippen LogP contribution < -0.4 is 4.74 Å². The second kappa shape index (κ2) is 3.48. The summed E-state index contributed by atoms with van der Waals surface area (Å²) in [6.45, 7) is 2.10. The summed E-state index contributed by atoms with van der Waals surface area (Å²) in [7, 11) is 0. The molecule has 0 saturated carbocycles. The largest absolute Gasteiger partial charge is 0.461 e. The molecule has 0 N–H and O–H groups in total. The topological polar surface area (TPSA) is 26.3 Å². The Morgan fingerprint density at radius 2 is 2.06 bits per heavy atom. The quantitative estimate of drug-likeness (QED) is 0.663. The lowest BCUT2D eigenvalue weighted by Crippen LogP contribution is -2.23. The summed E-state index contributed by atoms with van der Waals surface area (Å²) in [6.07, 6.45) is 2.50. The molecule has 1 atom stereocenters. The Balaban J connectivity index is 2.12. The van der Waals surface area contributed by atoms with Crippen molar-refractivity contribution in [1.82, 2.24) is 0 Å². The molecule has 2 heteroatoms. The Labute approximate surface area is 94.9 Å². The van der Waals surface area contributed by atoms with Gasteiger partial charge in [0, 0.05) is 29.9 Å². The number of para-hydroxylation sites is 1. The van der Waals surface area contributed by atoms with E-state index < -0.39 is 0 Å². The number of hydrogen-bond acceptors (Lipinski definition) is 2. The van der Waals surface area contributed by atoms with Crippen molar-refractivity contribution < 1.29 is 9.53 Å². The van der Waals surface area contributed by atoms with E-state index in [1.165, 1.54) is 0 Å². The fraction of sp³-hybridized carbons (Fsp3) is 0.357. The molecule has 3 rings (SSSR count). The van der Waals surface area contributed by atoms with Crippen LogP contribution in [0.3, 0.4) is 0 Å². The van der Waals surface area contributed by atoms with Crippen molar-refractivity contribution >= 4 is 5.78 Å². The van der Waals surface area contributed by atoms with E-state index in [4.69, 9.17) is 4.74 Å². The molecular formula is C14H14O2. The molecule has 82 valence electrons. The summed E-state index contributed by atoms with van der Waals surface area (Å²) < 4.78 is 5.84. The Morgan fingerprint density at radius 1 is 1.25 bits per heavy atom. The predicted molar refractivity (Wildman–Crippen MR) is 61.4 cm³/mol. The first-order valence-corrected chi connectivity index (χ1v) is 5.80. The summed E-state index contributed by atoms with van der Waals surface area (Å²) in [5.74, 6) is 2.28. The number of ketones is 1. The third-order valence-electron chi connectivity index (χ3n) is 3.46. The van der Waals surface area contributed by atoms with Crippen LogP contribution in [0.25, 0.3) is 0 Å². The zero-order valence-electron chi connectivity index (χ0n) is 9.32. The van der Waals surface area contributed by atoms with E-state index in [1.807, 2.05) is 24.3 Å². The number of Topliss-reactive ketones (excluding diaryl/α,β-unsaturated/α-hetero) is 1. The Morgan fingerprint density at radius 3 is 2.94 bits per heavy atom. The number of carbonyl (C=O) groups excluding carboxylic acids is 1. The van der Waals surface area contributed by atoms with Crippen LogP contribution in [0.1, 0.15) is 37.7 Å². The molecule has 0 amide bonds. The number of carbonyl (C=O) groups is 1. The lowest BCUT2D eigenvalue weighted by atomic mass is 9.82. The van der Waals surface area contributed by atoms with Crippen molar-refractivity contribution in [3.05, 3.63) is 41.2 Å². The molecule has 0 radical (unpaired) electrons. The predicted octanol–water partition coefficient (Wildman–Crippen LogP) is 3.19. The van der Waals surface area contributed by atoms with Crippen LogP contribution >= 0.6 is 0 Å². The van der Waals surface area contributed by atoms with Gasteiger partial charge in [-0.05, 0) is 12.5 Å². The molecule has 1 aliphatic heterocycles. The molecule has 1 heterocycles. The van der Waals surface area contributed by atoms with Gasteiger partial charge in [0.15, 0.2) is 5.78 Å². The van der Waals surface area contributed by atoms with Gasteiger partial charge in [0.1, 0.15) is 11.5 Å². The molecule has 1 aliphatic carbocycles. The number of ether oxygens (including phenoxy) is 1. The maximum absolute atomic E-state index is 11.9. The maximum atomic E-state index is 11.9. The number of rotatable bonds is 0. The first-order valence-electron chi connectivity index (χ1n) is 5.80. The van der Waals surface area contributed by atoms with E-state index in [9.17, 15) is 4.79 Å². The van der Waals surface area contributed by atoms with Gasteiger partial charge in [0.05, 0.1) is 0 Å². The van der Waals surface area contributed by atoms with Crippen molar-refractivity contribution in [3.63, 3.8) is 0 Å². The number of fused-ring (bicyclic) bond motifs is 1. The zero-order chi connectivity index (χ0) is 11.1. The van der Waals surface area contributed by atoms with Crippen LogP contribution in [0.5, 0.6) is 5.75 Å². The van der Waals surface area contributed by atoms with Crippen molar-refractivity contribution in [2.75, 3.05) is 0 Å². The summed E-state index contributed by atoms with van der Waals surface area (Å²) in [5, 5.41) is 0. The molecule has 1 aromatic rings. The van der Waals surface area contributed by atoms with E-state index in [-0.39, 0.29) is 11.7 Å². The summed E-state index contributed by atoms with van der Waals surface area (Å²) in [5.41, 5.74) is 2.04. The summed E-state index contributed by atoms with van der Waals surface area (Å²) >= 11 is 0. The lowest BCUT2D eigenvalue weighted by Gasteiger charge is -2.30. The van der Waals surface area contributed by atoms with E-state index in [2.05, 4.69) is 6.92 Å². The van der Waals surface area contributed by atoms with Crippen molar-refractivity contribution in [1.29, 1.82) is 0 Å². The summed E-state index contributed by atoms with van der Waals surface area (Å²) in [4.78, 5) is 11.9. The van der Waals surface area contributed by atoms with Crippen molar-refractivity contribution in [3.8, 4) is 5.75 Å².